The molecule has 0 heterocycles. The topological polar surface area (TPSA) is 75.6 Å². The van der Waals surface area contributed by atoms with Gasteiger partial charge < -0.3 is 15.2 Å². The molecule has 3 rings (SSSR count). The lowest BCUT2D eigenvalue weighted by atomic mass is 9.63. The molecule has 2 atom stereocenters. The Morgan fingerprint density at radius 2 is 1.68 bits per heavy atom. The number of allylic oxidation sites excluding steroid dienone is 3. The summed E-state index contributed by atoms with van der Waals surface area (Å²) in [5.74, 6) is -0.785. The Hall–Kier alpha value is -3.34. The minimum Gasteiger partial charge on any atom is -0.481 e. The minimum atomic E-state index is -1.14. The van der Waals surface area contributed by atoms with Gasteiger partial charge in [0.05, 0.1) is 5.41 Å². The van der Waals surface area contributed by atoms with E-state index in [2.05, 4.69) is 25.2 Å². The molecule has 2 unspecified atom stereocenters. The van der Waals surface area contributed by atoms with Gasteiger partial charge in [-0.15, -0.1) is 0 Å². The van der Waals surface area contributed by atoms with Crippen molar-refractivity contribution in [2.75, 3.05) is 0 Å². The molecule has 0 radical (unpaired) electrons. The number of carboxylic acids is 1. The van der Waals surface area contributed by atoms with Gasteiger partial charge in [0.25, 0.3) is 0 Å². The summed E-state index contributed by atoms with van der Waals surface area (Å²) in [6.07, 6.45) is 6.22. The highest BCUT2D eigenvalue weighted by atomic mass is 16.5. The van der Waals surface area contributed by atoms with Gasteiger partial charge in [-0.2, -0.15) is 0 Å². The van der Waals surface area contributed by atoms with Crippen LogP contribution in [0, 0.1) is 17.3 Å². The number of hydrogen-bond donors (Lipinski definition) is 2. The van der Waals surface area contributed by atoms with E-state index in [-0.39, 0.29) is 18.9 Å². The van der Waals surface area contributed by atoms with Crippen LogP contribution >= 0.6 is 0 Å². The second-order valence-corrected chi connectivity index (χ2v) is 10.2. The summed E-state index contributed by atoms with van der Waals surface area (Å²) in [5, 5.41) is 13.3. The molecule has 180 valence electrons. The predicted molar refractivity (Wildman–Crippen MR) is 135 cm³/mol. The van der Waals surface area contributed by atoms with Crippen molar-refractivity contribution < 1.29 is 19.4 Å². The highest BCUT2D eigenvalue weighted by Gasteiger charge is 2.48. The fraction of sp³-hybridized carbons (Fsp3) is 0.379. The lowest BCUT2D eigenvalue weighted by molar-refractivity contribution is -0.149. The Bertz CT molecular complexity index is 1040. The average Bonchev–Trinajstić information content (AvgIpc) is 2.79. The molecule has 0 saturated carbocycles. The molecule has 0 aliphatic heterocycles. The molecule has 2 aromatic carbocycles. The van der Waals surface area contributed by atoms with Crippen LogP contribution in [0.3, 0.4) is 0 Å². The molecule has 0 saturated heterocycles. The van der Waals surface area contributed by atoms with Crippen LogP contribution in [-0.2, 0) is 16.1 Å². The quantitative estimate of drug-likeness (QED) is 0.449. The minimum absolute atomic E-state index is 0.159. The molecule has 0 bridgehead atoms. The second-order valence-electron chi connectivity index (χ2n) is 10.2. The van der Waals surface area contributed by atoms with Crippen LogP contribution in [0.4, 0.5) is 4.79 Å². The van der Waals surface area contributed by atoms with Gasteiger partial charge in [0.2, 0.25) is 0 Å². The fourth-order valence-corrected chi connectivity index (χ4v) is 4.70. The van der Waals surface area contributed by atoms with E-state index in [1.807, 2.05) is 86.7 Å². The van der Waals surface area contributed by atoms with Crippen LogP contribution in [0.5, 0.6) is 0 Å². The van der Waals surface area contributed by atoms with Crippen LogP contribution in [0.25, 0.3) is 5.57 Å². The Morgan fingerprint density at radius 3 is 2.26 bits per heavy atom. The van der Waals surface area contributed by atoms with Crippen molar-refractivity contribution in [2.24, 2.45) is 17.3 Å². The van der Waals surface area contributed by atoms with Crippen molar-refractivity contribution in [2.45, 2.75) is 52.7 Å². The number of benzene rings is 2. The van der Waals surface area contributed by atoms with E-state index >= 15 is 0 Å². The van der Waals surface area contributed by atoms with Crippen LogP contribution in [-0.4, -0.2) is 22.7 Å². The van der Waals surface area contributed by atoms with Gasteiger partial charge in [-0.1, -0.05) is 92.7 Å². The third kappa shape index (κ3) is 6.37. The maximum Gasteiger partial charge on any atom is 0.407 e. The van der Waals surface area contributed by atoms with Crippen molar-refractivity contribution >= 4 is 17.6 Å². The van der Waals surface area contributed by atoms with Gasteiger partial charge in [0.1, 0.15) is 6.61 Å². The predicted octanol–water partition coefficient (Wildman–Crippen LogP) is 6.47. The Morgan fingerprint density at radius 1 is 1.06 bits per heavy atom. The lowest BCUT2D eigenvalue weighted by Gasteiger charge is -2.42. The molecule has 1 aliphatic rings. The van der Waals surface area contributed by atoms with Gasteiger partial charge in [-0.25, -0.2) is 4.79 Å². The van der Waals surface area contributed by atoms with E-state index in [0.29, 0.717) is 5.92 Å². The van der Waals surface area contributed by atoms with Gasteiger partial charge in [0.15, 0.2) is 0 Å². The Kier molecular flexibility index (Phi) is 7.98. The number of rotatable bonds is 9. The largest absolute Gasteiger partial charge is 0.481 e. The summed E-state index contributed by atoms with van der Waals surface area (Å²) in [7, 11) is 0. The van der Waals surface area contributed by atoms with Crippen molar-refractivity contribution in [3.8, 4) is 0 Å². The van der Waals surface area contributed by atoms with Gasteiger partial charge in [-0.05, 0) is 55.2 Å². The van der Waals surface area contributed by atoms with Gasteiger partial charge >= 0.3 is 12.1 Å². The van der Waals surface area contributed by atoms with Gasteiger partial charge in [0, 0.05) is 5.54 Å². The number of amides is 1. The van der Waals surface area contributed by atoms with Crippen molar-refractivity contribution in [1.82, 2.24) is 5.32 Å². The molecule has 0 aromatic heterocycles. The number of ether oxygens (including phenoxy) is 1. The first-order chi connectivity index (χ1) is 16.1. The van der Waals surface area contributed by atoms with Crippen LogP contribution in [0.1, 0.15) is 51.7 Å². The number of nitrogens with one attached hydrogen (secondary N) is 1. The molecule has 0 fully saturated rings. The first-order valence-corrected chi connectivity index (χ1v) is 11.8. The molecular formula is C29H35NO4. The molecule has 0 spiro atoms. The van der Waals surface area contributed by atoms with E-state index in [1.54, 1.807) is 0 Å². The third-order valence-electron chi connectivity index (χ3n) is 6.22. The summed E-state index contributed by atoms with van der Waals surface area (Å²) in [6, 6.07) is 19.4. The third-order valence-corrected chi connectivity index (χ3v) is 6.22. The first-order valence-electron chi connectivity index (χ1n) is 11.8. The molecule has 2 N–H and O–H groups in total. The monoisotopic (exact) mass is 461 g/mol. The molecule has 1 aliphatic carbocycles. The summed E-state index contributed by atoms with van der Waals surface area (Å²) in [4.78, 5) is 25.3. The first kappa shape index (κ1) is 25.3. The lowest BCUT2D eigenvalue weighted by Crippen LogP contribution is -2.51. The molecule has 5 nitrogen and oxygen atoms in total. The number of carbonyl (C=O) groups excluding carboxylic acids is 1. The van der Waals surface area contributed by atoms with Crippen LogP contribution < -0.4 is 5.32 Å². The summed E-state index contributed by atoms with van der Waals surface area (Å²) in [5.41, 5.74) is 1.04. The number of hydrogen-bond acceptors (Lipinski definition) is 3. The second kappa shape index (κ2) is 10.7. The Labute approximate surface area is 202 Å². The van der Waals surface area contributed by atoms with Crippen LogP contribution in [0.15, 0.2) is 78.9 Å². The normalized spacial score (nSPS) is 20.0. The number of aliphatic carboxylic acids is 1. The molecular weight excluding hydrogens is 426 g/mol. The summed E-state index contributed by atoms with van der Waals surface area (Å²) < 4.78 is 5.39. The van der Waals surface area contributed by atoms with Crippen molar-refractivity contribution in [1.29, 1.82) is 0 Å². The SMILES string of the molecule is CC(C)CC1C=C(c2ccccc2)C=CC1(CC(C)(C)NC(=O)OCc1ccccc1)C(=O)O. The van der Waals surface area contributed by atoms with E-state index in [4.69, 9.17) is 4.74 Å². The molecule has 34 heavy (non-hydrogen) atoms. The van der Waals surface area contributed by atoms with E-state index in [1.165, 1.54) is 0 Å². The zero-order valence-electron chi connectivity index (χ0n) is 20.5. The highest BCUT2D eigenvalue weighted by Crippen LogP contribution is 2.46. The van der Waals surface area contributed by atoms with E-state index < -0.39 is 23.0 Å². The van der Waals surface area contributed by atoms with E-state index in [0.717, 1.165) is 23.1 Å². The maximum atomic E-state index is 12.8. The van der Waals surface area contributed by atoms with E-state index in [9.17, 15) is 14.7 Å². The molecule has 5 heteroatoms. The van der Waals surface area contributed by atoms with Crippen LogP contribution in [0.2, 0.25) is 0 Å². The Balaban J connectivity index is 1.80. The number of alkyl carbamates (subject to hydrolysis) is 1. The van der Waals surface area contributed by atoms with Gasteiger partial charge in [-0.3, -0.25) is 4.79 Å². The zero-order valence-corrected chi connectivity index (χ0v) is 20.5. The number of carbonyl (C=O) groups is 2. The van der Waals surface area contributed by atoms with Crippen molar-refractivity contribution in [3.05, 3.63) is 90.0 Å². The standard InChI is InChI=1S/C29H35NO4/c1-21(2)17-25-18-24(23-13-9-6-10-14-23)15-16-29(25,26(31)32)20-28(3,4)30-27(33)34-19-22-11-7-5-8-12-22/h5-16,18,21,25H,17,19-20H2,1-4H3,(H,30,33)(H,31,32). The summed E-state index contributed by atoms with van der Waals surface area (Å²) >= 11 is 0. The number of carboxylic acid groups (broad SMARTS) is 1. The average molecular weight is 462 g/mol. The molecule has 2 aromatic rings. The fourth-order valence-electron chi connectivity index (χ4n) is 4.70. The smallest absolute Gasteiger partial charge is 0.407 e. The highest BCUT2D eigenvalue weighted by molar-refractivity contribution is 5.84. The van der Waals surface area contributed by atoms with Crippen molar-refractivity contribution in [3.63, 3.8) is 0 Å². The summed E-state index contributed by atoms with van der Waals surface area (Å²) in [6.45, 7) is 8.05. The molecule has 1 amide bonds. The zero-order chi connectivity index (χ0) is 24.8. The maximum absolute atomic E-state index is 12.8.